The maximum Gasteiger partial charge on any atom is 0.0423 e. The number of benzene rings is 5. The molecule has 0 atom stereocenters. The molecule has 0 bridgehead atoms. The molecular weight excluding hydrogens is 585 g/mol. The van der Waals surface area contributed by atoms with Crippen molar-refractivity contribution in [1.82, 2.24) is 0 Å². The van der Waals surface area contributed by atoms with Gasteiger partial charge in [0.2, 0.25) is 0 Å². The van der Waals surface area contributed by atoms with Gasteiger partial charge in [-0.05, 0) is 107 Å². The first-order valence-corrected chi connectivity index (χ1v) is 16.5. The van der Waals surface area contributed by atoms with E-state index in [0.29, 0.717) is 5.92 Å². The normalized spacial score (nSPS) is 14.2. The summed E-state index contributed by atoms with van der Waals surface area (Å²) in [5.41, 5.74) is 9.02. The maximum atomic E-state index is 4.88. The van der Waals surface area contributed by atoms with E-state index in [1.807, 2.05) is 24.3 Å². The Morgan fingerprint density at radius 3 is 1.38 bits per heavy atom. The van der Waals surface area contributed by atoms with E-state index < -0.39 is 5.41 Å². The zero-order valence-electron chi connectivity index (χ0n) is 23.8. The number of thiol groups is 4. The van der Waals surface area contributed by atoms with Crippen LogP contribution in [-0.4, -0.2) is 0 Å². The molecule has 0 radical (unpaired) electrons. The minimum Gasteiger partial charge on any atom is -0.143 e. The SMILES string of the molecule is CC(c1ccc(C2CCCCC2)cc1)(c1ccc(S)c(-c2ccccc2S)c1)c1ccc(S)c(-c2ccccc2S)c1. The van der Waals surface area contributed by atoms with E-state index >= 15 is 0 Å². The molecule has 0 amide bonds. The second-order valence-electron chi connectivity index (χ2n) is 11.6. The van der Waals surface area contributed by atoms with Crippen LogP contribution >= 0.6 is 50.5 Å². The van der Waals surface area contributed by atoms with Crippen LogP contribution in [0, 0.1) is 0 Å². The lowest BCUT2D eigenvalue weighted by atomic mass is 9.69. The number of hydrogen-bond acceptors (Lipinski definition) is 4. The quantitative estimate of drug-likeness (QED) is 0.105. The predicted molar refractivity (Wildman–Crippen MR) is 191 cm³/mol. The summed E-state index contributed by atoms with van der Waals surface area (Å²) >= 11 is 19.3. The molecular formula is C38H36S4. The average molecular weight is 621 g/mol. The summed E-state index contributed by atoms with van der Waals surface area (Å²) in [7, 11) is 0. The van der Waals surface area contributed by atoms with Gasteiger partial charge in [-0.3, -0.25) is 0 Å². The van der Waals surface area contributed by atoms with Gasteiger partial charge >= 0.3 is 0 Å². The molecule has 0 saturated heterocycles. The van der Waals surface area contributed by atoms with E-state index in [-0.39, 0.29) is 0 Å². The van der Waals surface area contributed by atoms with Crippen molar-refractivity contribution in [1.29, 1.82) is 0 Å². The second kappa shape index (κ2) is 12.6. The third kappa shape index (κ3) is 5.71. The van der Waals surface area contributed by atoms with Crippen molar-refractivity contribution in [2.24, 2.45) is 0 Å². The molecule has 42 heavy (non-hydrogen) atoms. The molecule has 0 nitrogen and oxygen atoms in total. The molecule has 1 fully saturated rings. The highest BCUT2D eigenvalue weighted by atomic mass is 32.1. The zero-order chi connectivity index (χ0) is 29.3. The number of rotatable bonds is 6. The molecule has 1 saturated carbocycles. The van der Waals surface area contributed by atoms with E-state index in [9.17, 15) is 0 Å². The van der Waals surface area contributed by atoms with Gasteiger partial charge in [0.1, 0.15) is 0 Å². The molecule has 1 aliphatic carbocycles. The van der Waals surface area contributed by atoms with Crippen molar-refractivity contribution in [3.8, 4) is 22.3 Å². The van der Waals surface area contributed by atoms with Crippen LogP contribution in [0.5, 0.6) is 0 Å². The lowest BCUT2D eigenvalue weighted by Gasteiger charge is -2.34. The molecule has 0 heterocycles. The molecule has 0 aliphatic heterocycles. The Kier molecular flexibility index (Phi) is 8.88. The fourth-order valence-corrected chi connectivity index (χ4v) is 7.63. The van der Waals surface area contributed by atoms with Crippen LogP contribution in [0.4, 0.5) is 0 Å². The van der Waals surface area contributed by atoms with Crippen LogP contribution in [0.1, 0.15) is 67.2 Å². The molecule has 0 unspecified atom stereocenters. The van der Waals surface area contributed by atoms with E-state index in [1.165, 1.54) is 54.4 Å². The van der Waals surface area contributed by atoms with Gasteiger partial charge in [0.25, 0.3) is 0 Å². The summed E-state index contributed by atoms with van der Waals surface area (Å²) in [5.74, 6) is 0.669. The Morgan fingerprint density at radius 1 is 0.476 bits per heavy atom. The van der Waals surface area contributed by atoms with Crippen molar-refractivity contribution in [2.75, 3.05) is 0 Å². The predicted octanol–water partition coefficient (Wildman–Crippen LogP) is 11.6. The van der Waals surface area contributed by atoms with Crippen molar-refractivity contribution < 1.29 is 0 Å². The van der Waals surface area contributed by atoms with Gasteiger partial charge in [0, 0.05) is 25.0 Å². The van der Waals surface area contributed by atoms with Gasteiger partial charge in [-0.2, -0.15) is 0 Å². The smallest absolute Gasteiger partial charge is 0.0423 e. The Morgan fingerprint density at radius 2 is 0.905 bits per heavy atom. The lowest BCUT2D eigenvalue weighted by Crippen LogP contribution is -2.26. The first-order chi connectivity index (χ1) is 20.4. The van der Waals surface area contributed by atoms with Gasteiger partial charge in [-0.15, -0.1) is 50.5 Å². The highest BCUT2D eigenvalue weighted by molar-refractivity contribution is 7.81. The summed E-state index contributed by atoms with van der Waals surface area (Å²) in [5, 5.41) is 0. The Hall–Kier alpha value is -2.50. The first kappa shape index (κ1) is 29.6. The fourth-order valence-electron chi connectivity index (χ4n) is 6.55. The Bertz CT molecular complexity index is 1620. The summed E-state index contributed by atoms with van der Waals surface area (Å²) in [6.07, 6.45) is 6.62. The molecule has 5 aromatic rings. The van der Waals surface area contributed by atoms with Crippen LogP contribution in [0.2, 0.25) is 0 Å². The molecule has 5 aromatic carbocycles. The minimum absolute atomic E-state index is 0.436. The van der Waals surface area contributed by atoms with Gasteiger partial charge < -0.3 is 0 Å². The van der Waals surface area contributed by atoms with E-state index in [2.05, 4.69) is 91.9 Å². The third-order valence-electron chi connectivity index (χ3n) is 9.10. The summed E-state index contributed by atoms with van der Waals surface area (Å²) in [6, 6.07) is 39.2. The standard InChI is InChI=1S/C38H36S4/c1-38(27-17-15-26(16-18-27)25-9-3-2-4-10-25,28-19-21-36(41)32(23-28)30-11-5-7-13-34(30)39)29-20-22-37(42)33(24-29)31-12-6-8-14-35(31)40/h5-8,11-25,39-42H,2-4,9-10H2,1H3. The second-order valence-corrected chi connectivity index (χ2v) is 13.5. The van der Waals surface area contributed by atoms with E-state index in [0.717, 1.165) is 41.8 Å². The maximum absolute atomic E-state index is 4.88. The van der Waals surface area contributed by atoms with Crippen molar-refractivity contribution in [2.45, 2.75) is 69.9 Å². The minimum atomic E-state index is -0.436. The monoisotopic (exact) mass is 620 g/mol. The lowest BCUT2D eigenvalue weighted by molar-refractivity contribution is 0.443. The highest BCUT2D eigenvalue weighted by Gasteiger charge is 2.33. The van der Waals surface area contributed by atoms with Gasteiger partial charge in [0.15, 0.2) is 0 Å². The topological polar surface area (TPSA) is 0 Å². The zero-order valence-corrected chi connectivity index (χ0v) is 27.4. The van der Waals surface area contributed by atoms with E-state index in [4.69, 9.17) is 50.5 Å². The molecule has 0 spiro atoms. The van der Waals surface area contributed by atoms with Gasteiger partial charge in [-0.1, -0.05) is 92.1 Å². The van der Waals surface area contributed by atoms with Crippen molar-refractivity contribution >= 4 is 50.5 Å². The summed E-state index contributed by atoms with van der Waals surface area (Å²) in [4.78, 5) is 3.75. The van der Waals surface area contributed by atoms with Gasteiger partial charge in [-0.25, -0.2) is 0 Å². The molecule has 4 heteroatoms. The molecule has 1 aliphatic rings. The fraction of sp³-hybridized carbons (Fsp3) is 0.211. The van der Waals surface area contributed by atoms with Gasteiger partial charge in [0.05, 0.1) is 0 Å². The average Bonchev–Trinajstić information content (AvgIpc) is 3.02. The van der Waals surface area contributed by atoms with Crippen molar-refractivity contribution in [3.63, 3.8) is 0 Å². The molecule has 0 aromatic heterocycles. The number of hydrogen-bond donors (Lipinski definition) is 4. The first-order valence-electron chi connectivity index (χ1n) is 14.7. The van der Waals surface area contributed by atoms with Crippen LogP contribution in [-0.2, 0) is 5.41 Å². The Balaban J connectivity index is 1.54. The van der Waals surface area contributed by atoms with Crippen LogP contribution in [0.25, 0.3) is 22.3 Å². The molecule has 0 N–H and O–H groups in total. The molecule has 212 valence electrons. The largest absolute Gasteiger partial charge is 0.143 e. The highest BCUT2D eigenvalue weighted by Crippen LogP contribution is 2.45. The van der Waals surface area contributed by atoms with Crippen LogP contribution in [0.15, 0.2) is 129 Å². The van der Waals surface area contributed by atoms with Crippen LogP contribution in [0.3, 0.4) is 0 Å². The summed E-state index contributed by atoms with van der Waals surface area (Å²) < 4.78 is 0. The van der Waals surface area contributed by atoms with Crippen LogP contribution < -0.4 is 0 Å². The molecule has 6 rings (SSSR count). The van der Waals surface area contributed by atoms with E-state index in [1.54, 1.807) is 0 Å². The van der Waals surface area contributed by atoms with Crippen molar-refractivity contribution in [3.05, 3.63) is 131 Å². The Labute approximate surface area is 272 Å². The summed E-state index contributed by atoms with van der Waals surface area (Å²) in [6.45, 7) is 2.34. The third-order valence-corrected chi connectivity index (χ3v) is 10.7.